The van der Waals surface area contributed by atoms with Crippen LogP contribution in [0.1, 0.15) is 13.8 Å². The summed E-state index contributed by atoms with van der Waals surface area (Å²) in [4.78, 5) is 0. The van der Waals surface area contributed by atoms with Gasteiger partial charge in [0.05, 0.1) is 4.46 Å². The van der Waals surface area contributed by atoms with Crippen LogP contribution in [0.2, 0.25) is 0 Å². The molecule has 0 nitrogen and oxygen atoms in total. The molecule has 0 aliphatic rings. The largest absolute Gasteiger partial charge is 0.118 e. The smallest absolute Gasteiger partial charge is 0.110 e. The number of allylic oxidation sites excluding steroid dienone is 2. The van der Waals surface area contributed by atoms with Gasteiger partial charge >= 0.3 is 0 Å². The molecule has 0 saturated carbocycles. The van der Waals surface area contributed by atoms with Crippen molar-refractivity contribution in [3.8, 4) is 0 Å². The summed E-state index contributed by atoms with van der Waals surface area (Å²) in [6.45, 7) is 4.01. The summed E-state index contributed by atoms with van der Waals surface area (Å²) >= 11 is 11.0. The third kappa shape index (κ3) is 4.69. The maximum absolute atomic E-state index is 5.49. The molecule has 0 fully saturated rings. The molecule has 0 amide bonds. The Kier molecular flexibility index (Phi) is 4.72. The van der Waals surface area contributed by atoms with E-state index >= 15 is 0 Å². The number of alkyl halides is 2. The molecule has 0 saturated heterocycles. The zero-order chi connectivity index (χ0) is 6.57. The first-order chi connectivity index (χ1) is 3.66. The van der Waals surface area contributed by atoms with Crippen LogP contribution >= 0.6 is 23.2 Å². The minimum atomic E-state index is -0.216. The van der Waals surface area contributed by atoms with Gasteiger partial charge in [0.25, 0.3) is 0 Å². The Bertz CT molecular complexity index is 88.4. The molecule has 0 N–H and O–H groups in total. The normalized spacial score (nSPS) is 12.9. The first-order valence-corrected chi connectivity index (χ1v) is 4.29. The second-order valence-electron chi connectivity index (χ2n) is 1.42. The molecule has 3 heteroatoms. The highest BCUT2D eigenvalue weighted by atomic mass is 35.5. The van der Waals surface area contributed by atoms with Crippen molar-refractivity contribution in [3.63, 3.8) is 0 Å². The van der Waals surface area contributed by atoms with E-state index in [1.807, 2.05) is 19.9 Å². The van der Waals surface area contributed by atoms with Crippen LogP contribution in [0.3, 0.4) is 0 Å². The van der Waals surface area contributed by atoms with Gasteiger partial charge in [-0.25, -0.2) is 0 Å². The van der Waals surface area contributed by atoms with E-state index in [1.54, 1.807) is 0 Å². The molecule has 0 heterocycles. The summed E-state index contributed by atoms with van der Waals surface area (Å²) < 4.78 is -0.216. The van der Waals surface area contributed by atoms with Crippen molar-refractivity contribution in [1.29, 1.82) is 0 Å². The molecule has 0 aromatic heterocycles. The van der Waals surface area contributed by atoms with Crippen molar-refractivity contribution < 1.29 is 0 Å². The van der Waals surface area contributed by atoms with Crippen LogP contribution in [-0.4, -0.2) is 14.0 Å². The first-order valence-electron chi connectivity index (χ1n) is 2.34. The first kappa shape index (κ1) is 8.54. The number of hydrogen-bond donors (Lipinski definition) is 0. The fourth-order valence-electron chi connectivity index (χ4n) is 0.255. The Morgan fingerprint density at radius 1 is 1.62 bits per heavy atom. The molecule has 2 radical (unpaired) electrons. The predicted octanol–water partition coefficient (Wildman–Crippen LogP) is 2.38. The lowest BCUT2D eigenvalue weighted by molar-refractivity contribution is 1.55. The standard InChI is InChI=1S/C5H8Cl2Si/c1-3-4(2)8-5(6)7/h3,5H,1-2H3. The predicted molar refractivity (Wildman–Crippen MR) is 40.7 cm³/mol. The van der Waals surface area contributed by atoms with E-state index in [2.05, 4.69) is 0 Å². The fourth-order valence-corrected chi connectivity index (χ4v) is 1.80. The average Bonchev–Trinajstić information content (AvgIpc) is 1.65. The van der Waals surface area contributed by atoms with Gasteiger partial charge in [-0.1, -0.05) is 11.3 Å². The summed E-state index contributed by atoms with van der Waals surface area (Å²) in [5, 5.41) is 1.26. The van der Waals surface area contributed by atoms with Gasteiger partial charge in [-0.05, 0) is 13.8 Å². The van der Waals surface area contributed by atoms with Crippen molar-refractivity contribution in [1.82, 2.24) is 0 Å². The fraction of sp³-hybridized carbons (Fsp3) is 0.600. The summed E-state index contributed by atoms with van der Waals surface area (Å²) in [6.07, 6.45) is 2.02. The summed E-state index contributed by atoms with van der Waals surface area (Å²) in [6, 6.07) is 0. The van der Waals surface area contributed by atoms with Crippen LogP contribution in [0.5, 0.6) is 0 Å². The highest BCUT2D eigenvalue weighted by Gasteiger charge is 1.99. The van der Waals surface area contributed by atoms with Crippen molar-refractivity contribution in [2.45, 2.75) is 18.3 Å². The third-order valence-corrected chi connectivity index (χ3v) is 2.39. The van der Waals surface area contributed by atoms with Crippen LogP contribution in [0.25, 0.3) is 0 Å². The lowest BCUT2D eigenvalue weighted by Gasteiger charge is -1.95. The van der Waals surface area contributed by atoms with Crippen molar-refractivity contribution in [3.05, 3.63) is 11.3 Å². The Balaban J connectivity index is 3.39. The van der Waals surface area contributed by atoms with E-state index in [9.17, 15) is 0 Å². The van der Waals surface area contributed by atoms with Crippen molar-refractivity contribution in [2.24, 2.45) is 0 Å². The Morgan fingerprint density at radius 3 is 2.25 bits per heavy atom. The van der Waals surface area contributed by atoms with Gasteiger partial charge in [0.15, 0.2) is 0 Å². The van der Waals surface area contributed by atoms with Crippen molar-refractivity contribution in [2.75, 3.05) is 0 Å². The molecule has 46 valence electrons. The molecule has 0 unspecified atom stereocenters. The van der Waals surface area contributed by atoms with E-state index in [-0.39, 0.29) is 4.46 Å². The summed E-state index contributed by atoms with van der Waals surface area (Å²) in [5.74, 6) is 0. The minimum Gasteiger partial charge on any atom is -0.110 e. The monoisotopic (exact) mass is 166 g/mol. The lowest BCUT2D eigenvalue weighted by Crippen LogP contribution is -2.02. The molecule has 0 bridgehead atoms. The lowest BCUT2D eigenvalue weighted by atomic mass is 10.6. The molecular formula is C5H8Cl2Si. The second kappa shape index (κ2) is 4.42. The zero-order valence-corrected chi connectivity index (χ0v) is 7.42. The maximum atomic E-state index is 5.49. The molecular weight excluding hydrogens is 159 g/mol. The summed E-state index contributed by atoms with van der Waals surface area (Å²) in [7, 11) is 0.554. The van der Waals surface area contributed by atoms with E-state index in [4.69, 9.17) is 23.2 Å². The highest BCUT2D eigenvalue weighted by molar-refractivity contribution is 6.72. The van der Waals surface area contributed by atoms with Crippen LogP contribution in [0.15, 0.2) is 11.3 Å². The van der Waals surface area contributed by atoms with E-state index in [0.717, 1.165) is 0 Å². The number of hydrogen-bond acceptors (Lipinski definition) is 0. The SMILES string of the molecule is CC=C(C)[Si]C(Cl)Cl. The topological polar surface area (TPSA) is 0 Å². The van der Waals surface area contributed by atoms with Gasteiger partial charge in [-0.3, -0.25) is 0 Å². The third-order valence-electron chi connectivity index (χ3n) is 0.770. The quantitative estimate of drug-likeness (QED) is 0.437. The molecule has 0 atom stereocenters. The number of halogens is 2. The van der Waals surface area contributed by atoms with Crippen LogP contribution < -0.4 is 0 Å². The van der Waals surface area contributed by atoms with E-state index in [1.165, 1.54) is 5.20 Å². The van der Waals surface area contributed by atoms with Gasteiger partial charge in [-0.2, -0.15) is 0 Å². The second-order valence-corrected chi connectivity index (χ2v) is 4.90. The number of rotatable bonds is 2. The van der Waals surface area contributed by atoms with E-state index in [0.29, 0.717) is 9.52 Å². The van der Waals surface area contributed by atoms with Crippen LogP contribution in [0.4, 0.5) is 0 Å². The van der Waals surface area contributed by atoms with Crippen molar-refractivity contribution >= 4 is 32.7 Å². The molecule has 8 heavy (non-hydrogen) atoms. The zero-order valence-electron chi connectivity index (χ0n) is 4.91. The molecule has 0 aliphatic carbocycles. The van der Waals surface area contributed by atoms with Crippen LogP contribution in [-0.2, 0) is 0 Å². The Morgan fingerprint density at radius 2 is 2.12 bits per heavy atom. The van der Waals surface area contributed by atoms with Gasteiger partial charge in [0, 0.05) is 0 Å². The molecule has 0 spiro atoms. The molecule has 0 rings (SSSR count). The molecule has 0 aromatic carbocycles. The van der Waals surface area contributed by atoms with Gasteiger partial charge in [0.1, 0.15) is 9.52 Å². The maximum Gasteiger partial charge on any atom is 0.118 e. The van der Waals surface area contributed by atoms with E-state index < -0.39 is 0 Å². The molecule has 0 aromatic rings. The minimum absolute atomic E-state index is 0.216. The Hall–Kier alpha value is 0.537. The molecule has 0 aliphatic heterocycles. The van der Waals surface area contributed by atoms with Crippen LogP contribution in [0, 0.1) is 0 Å². The van der Waals surface area contributed by atoms with Gasteiger partial charge in [0.2, 0.25) is 0 Å². The van der Waals surface area contributed by atoms with Gasteiger partial charge in [-0.15, -0.1) is 23.2 Å². The Labute approximate surface area is 62.7 Å². The summed E-state index contributed by atoms with van der Waals surface area (Å²) in [5.41, 5.74) is 0. The highest BCUT2D eigenvalue weighted by Crippen LogP contribution is 2.03. The average molecular weight is 167 g/mol. The van der Waals surface area contributed by atoms with Gasteiger partial charge < -0.3 is 0 Å².